The number of nitrogens with two attached hydrogens (primary N) is 1. The van der Waals surface area contributed by atoms with E-state index in [9.17, 15) is 0 Å². The normalized spacial score (nSPS) is 10.8. The van der Waals surface area contributed by atoms with Crippen molar-refractivity contribution in [3.63, 3.8) is 0 Å². The zero-order valence-electron chi connectivity index (χ0n) is 10.9. The molecular formula is C15H11BrClN3O. The minimum atomic E-state index is 0.432. The first-order valence-corrected chi connectivity index (χ1v) is 7.41. The average molecular weight is 365 g/mol. The summed E-state index contributed by atoms with van der Waals surface area (Å²) in [5.74, 6) is 1.05. The van der Waals surface area contributed by atoms with Gasteiger partial charge in [0.2, 0.25) is 0 Å². The Kier molecular flexibility index (Phi) is 3.94. The fourth-order valence-corrected chi connectivity index (χ4v) is 2.56. The van der Waals surface area contributed by atoms with Crippen LogP contribution in [-0.4, -0.2) is 10.1 Å². The SMILES string of the molecule is Nc1ccc(-c2nc(Cc3cccc(Br)c3)no2)cc1Cl. The summed E-state index contributed by atoms with van der Waals surface area (Å²) in [5, 5.41) is 4.47. The molecule has 0 aliphatic rings. The molecule has 2 aromatic carbocycles. The van der Waals surface area contributed by atoms with Crippen LogP contribution in [0.15, 0.2) is 51.5 Å². The fourth-order valence-electron chi connectivity index (χ4n) is 1.93. The summed E-state index contributed by atoms with van der Waals surface area (Å²) >= 11 is 9.44. The molecule has 0 radical (unpaired) electrons. The minimum absolute atomic E-state index is 0.432. The van der Waals surface area contributed by atoms with E-state index >= 15 is 0 Å². The molecule has 0 saturated carbocycles. The quantitative estimate of drug-likeness (QED) is 0.703. The van der Waals surface area contributed by atoms with Crippen molar-refractivity contribution in [3.05, 3.63) is 63.3 Å². The van der Waals surface area contributed by atoms with Gasteiger partial charge in [0.25, 0.3) is 5.89 Å². The van der Waals surface area contributed by atoms with E-state index in [-0.39, 0.29) is 0 Å². The molecule has 1 aromatic heterocycles. The van der Waals surface area contributed by atoms with Gasteiger partial charge in [0.05, 0.1) is 10.7 Å². The summed E-state index contributed by atoms with van der Waals surface area (Å²) in [7, 11) is 0. The van der Waals surface area contributed by atoms with E-state index in [0.717, 1.165) is 15.6 Å². The highest BCUT2D eigenvalue weighted by Gasteiger charge is 2.10. The highest BCUT2D eigenvalue weighted by Crippen LogP contribution is 2.26. The Morgan fingerprint density at radius 1 is 1.19 bits per heavy atom. The molecule has 0 amide bonds. The summed E-state index contributed by atoms with van der Waals surface area (Å²) in [6, 6.07) is 13.2. The van der Waals surface area contributed by atoms with Crippen LogP contribution in [-0.2, 0) is 6.42 Å². The van der Waals surface area contributed by atoms with Gasteiger partial charge in [-0.2, -0.15) is 4.98 Å². The Labute approximate surface area is 135 Å². The number of hydrogen-bond acceptors (Lipinski definition) is 4. The lowest BCUT2D eigenvalue weighted by Crippen LogP contribution is -1.91. The highest BCUT2D eigenvalue weighted by atomic mass is 79.9. The number of anilines is 1. The maximum atomic E-state index is 6.00. The number of aromatic nitrogens is 2. The van der Waals surface area contributed by atoms with Gasteiger partial charge >= 0.3 is 0 Å². The van der Waals surface area contributed by atoms with E-state index in [4.69, 9.17) is 21.9 Å². The van der Waals surface area contributed by atoms with Crippen LogP contribution >= 0.6 is 27.5 Å². The minimum Gasteiger partial charge on any atom is -0.398 e. The standard InChI is InChI=1S/C15H11BrClN3O/c16-11-3-1-2-9(6-11)7-14-19-15(21-20-14)10-4-5-13(18)12(17)8-10/h1-6,8H,7,18H2. The van der Waals surface area contributed by atoms with Crippen molar-refractivity contribution in [2.45, 2.75) is 6.42 Å². The van der Waals surface area contributed by atoms with Gasteiger partial charge in [-0.25, -0.2) is 0 Å². The van der Waals surface area contributed by atoms with Gasteiger partial charge in [-0.15, -0.1) is 0 Å². The average Bonchev–Trinajstić information content (AvgIpc) is 2.90. The number of hydrogen-bond donors (Lipinski definition) is 1. The molecule has 3 rings (SSSR count). The van der Waals surface area contributed by atoms with Gasteiger partial charge < -0.3 is 10.3 Å². The molecule has 106 valence electrons. The largest absolute Gasteiger partial charge is 0.398 e. The molecule has 4 nitrogen and oxygen atoms in total. The van der Waals surface area contributed by atoms with Gasteiger partial charge in [0, 0.05) is 16.5 Å². The van der Waals surface area contributed by atoms with Crippen LogP contribution in [0.4, 0.5) is 5.69 Å². The molecule has 0 aliphatic carbocycles. The summed E-state index contributed by atoms with van der Waals surface area (Å²) in [6.07, 6.45) is 0.603. The molecule has 6 heteroatoms. The summed E-state index contributed by atoms with van der Waals surface area (Å²) in [5.41, 5.74) is 8.06. The molecule has 2 N–H and O–H groups in total. The van der Waals surface area contributed by atoms with E-state index in [1.165, 1.54) is 0 Å². The fraction of sp³-hybridized carbons (Fsp3) is 0.0667. The van der Waals surface area contributed by atoms with Gasteiger partial charge in [0.15, 0.2) is 5.82 Å². The third-order valence-electron chi connectivity index (χ3n) is 2.97. The maximum absolute atomic E-state index is 6.00. The Balaban J connectivity index is 1.84. The molecular weight excluding hydrogens is 354 g/mol. The Morgan fingerprint density at radius 2 is 2.05 bits per heavy atom. The van der Waals surface area contributed by atoms with Crippen molar-refractivity contribution in [1.29, 1.82) is 0 Å². The summed E-state index contributed by atoms with van der Waals surface area (Å²) < 4.78 is 6.30. The molecule has 0 fully saturated rings. The first-order chi connectivity index (χ1) is 10.1. The van der Waals surface area contributed by atoms with Gasteiger partial charge in [-0.05, 0) is 35.9 Å². The molecule has 21 heavy (non-hydrogen) atoms. The van der Waals surface area contributed by atoms with Gasteiger partial charge in [-0.3, -0.25) is 0 Å². The predicted molar refractivity (Wildman–Crippen MR) is 86.1 cm³/mol. The molecule has 3 aromatic rings. The van der Waals surface area contributed by atoms with Crippen LogP contribution in [0.25, 0.3) is 11.5 Å². The Morgan fingerprint density at radius 3 is 2.81 bits per heavy atom. The zero-order chi connectivity index (χ0) is 14.8. The van der Waals surface area contributed by atoms with Crippen molar-refractivity contribution in [2.75, 3.05) is 5.73 Å². The zero-order valence-corrected chi connectivity index (χ0v) is 13.2. The van der Waals surface area contributed by atoms with E-state index in [0.29, 0.717) is 28.8 Å². The predicted octanol–water partition coefficient (Wildman–Crippen LogP) is 4.33. The number of benzene rings is 2. The molecule has 0 bridgehead atoms. The van der Waals surface area contributed by atoms with Gasteiger partial charge in [0.1, 0.15) is 0 Å². The lowest BCUT2D eigenvalue weighted by Gasteiger charge is -1.99. The second kappa shape index (κ2) is 5.87. The molecule has 0 aliphatic heterocycles. The van der Waals surface area contributed by atoms with Crippen molar-refractivity contribution in [3.8, 4) is 11.5 Å². The van der Waals surface area contributed by atoms with Crippen molar-refractivity contribution in [1.82, 2.24) is 10.1 Å². The Hall–Kier alpha value is -1.85. The first-order valence-electron chi connectivity index (χ1n) is 6.24. The van der Waals surface area contributed by atoms with Crippen LogP contribution < -0.4 is 5.73 Å². The van der Waals surface area contributed by atoms with Crippen molar-refractivity contribution >= 4 is 33.2 Å². The molecule has 0 unspecified atom stereocenters. The van der Waals surface area contributed by atoms with Crippen molar-refractivity contribution in [2.24, 2.45) is 0 Å². The van der Waals surface area contributed by atoms with E-state index < -0.39 is 0 Å². The lowest BCUT2D eigenvalue weighted by molar-refractivity contribution is 0.424. The summed E-state index contributed by atoms with van der Waals surface area (Å²) in [6.45, 7) is 0. The summed E-state index contributed by atoms with van der Waals surface area (Å²) in [4.78, 5) is 4.38. The van der Waals surface area contributed by atoms with Crippen LogP contribution in [0.1, 0.15) is 11.4 Å². The van der Waals surface area contributed by atoms with Crippen LogP contribution in [0.5, 0.6) is 0 Å². The highest BCUT2D eigenvalue weighted by molar-refractivity contribution is 9.10. The smallest absolute Gasteiger partial charge is 0.257 e. The van der Waals surface area contributed by atoms with Crippen molar-refractivity contribution < 1.29 is 4.52 Å². The monoisotopic (exact) mass is 363 g/mol. The maximum Gasteiger partial charge on any atom is 0.257 e. The lowest BCUT2D eigenvalue weighted by atomic mass is 10.1. The third-order valence-corrected chi connectivity index (χ3v) is 3.79. The second-order valence-corrected chi connectivity index (χ2v) is 5.88. The molecule has 1 heterocycles. The molecule has 0 atom stereocenters. The third kappa shape index (κ3) is 3.25. The van der Waals surface area contributed by atoms with E-state index in [2.05, 4.69) is 26.1 Å². The van der Waals surface area contributed by atoms with E-state index in [1.807, 2.05) is 24.3 Å². The van der Waals surface area contributed by atoms with Gasteiger partial charge in [-0.1, -0.05) is 44.8 Å². The van der Waals surface area contributed by atoms with Crippen LogP contribution in [0.3, 0.4) is 0 Å². The topological polar surface area (TPSA) is 64.9 Å². The number of nitrogen functional groups attached to an aromatic ring is 1. The Bertz CT molecular complexity index is 788. The number of rotatable bonds is 3. The first kappa shape index (κ1) is 14.1. The second-order valence-electron chi connectivity index (χ2n) is 4.56. The molecule has 0 spiro atoms. The van der Waals surface area contributed by atoms with E-state index in [1.54, 1.807) is 18.2 Å². The number of nitrogens with zero attached hydrogens (tertiary/aromatic N) is 2. The van der Waals surface area contributed by atoms with Crippen LogP contribution in [0.2, 0.25) is 5.02 Å². The van der Waals surface area contributed by atoms with Crippen LogP contribution in [0, 0.1) is 0 Å². The number of halogens is 2. The molecule has 0 saturated heterocycles.